The first kappa shape index (κ1) is 12.5. The number of hydrogen-bond acceptors (Lipinski definition) is 3. The van der Waals surface area contributed by atoms with Gasteiger partial charge in [0.2, 0.25) is 0 Å². The highest BCUT2D eigenvalue weighted by Gasteiger charge is 2.20. The quantitative estimate of drug-likeness (QED) is 0.757. The van der Waals surface area contributed by atoms with Gasteiger partial charge in [-0.05, 0) is 19.8 Å². The molecule has 5 heteroatoms. The molecule has 0 aliphatic heterocycles. The average Bonchev–Trinajstić information content (AvgIpc) is 2.62. The van der Waals surface area contributed by atoms with E-state index in [0.29, 0.717) is 5.88 Å². The van der Waals surface area contributed by atoms with Gasteiger partial charge in [-0.25, -0.2) is 4.98 Å². The Bertz CT molecular complexity index is 299. The minimum Gasteiger partial charge on any atom is -0.305 e. The molecular weight excluding hydrogens is 212 g/mol. The van der Waals surface area contributed by atoms with Gasteiger partial charge in [0.25, 0.3) is 0 Å². The zero-order chi connectivity index (χ0) is 11.3. The van der Waals surface area contributed by atoms with Gasteiger partial charge >= 0.3 is 0 Å². The van der Waals surface area contributed by atoms with Gasteiger partial charge in [0.1, 0.15) is 12.2 Å². The number of alkyl halides is 1. The number of aromatic nitrogens is 3. The van der Waals surface area contributed by atoms with Gasteiger partial charge in [0.05, 0.1) is 6.54 Å². The molecule has 0 spiro atoms. The number of aryl methyl sites for hydroxylation is 1. The molecule has 0 aliphatic carbocycles. The molecule has 0 bridgehead atoms. The predicted octanol–water partition coefficient (Wildman–Crippen LogP) is 1.70. The second kappa shape index (κ2) is 5.47. The monoisotopic (exact) mass is 230 g/mol. The van der Waals surface area contributed by atoms with Crippen molar-refractivity contribution in [1.29, 1.82) is 0 Å². The van der Waals surface area contributed by atoms with Crippen LogP contribution in [0.4, 0.5) is 0 Å². The highest BCUT2D eigenvalue weighted by molar-refractivity contribution is 6.17. The Morgan fingerprint density at radius 1 is 1.60 bits per heavy atom. The lowest BCUT2D eigenvalue weighted by Crippen LogP contribution is -2.42. The second-order valence-corrected chi connectivity index (χ2v) is 4.38. The molecule has 0 fully saturated rings. The maximum atomic E-state index is 5.78. The van der Waals surface area contributed by atoms with Crippen LogP contribution in [0.3, 0.4) is 0 Å². The summed E-state index contributed by atoms with van der Waals surface area (Å²) in [4.78, 5) is 4.17. The molecule has 0 radical (unpaired) electrons. The average molecular weight is 231 g/mol. The fourth-order valence-electron chi connectivity index (χ4n) is 1.37. The molecule has 1 unspecified atom stereocenters. The van der Waals surface area contributed by atoms with Crippen LogP contribution in [0.1, 0.15) is 32.5 Å². The Hall–Kier alpha value is -0.610. The van der Waals surface area contributed by atoms with Crippen LogP contribution in [-0.2, 0) is 13.6 Å². The summed E-state index contributed by atoms with van der Waals surface area (Å²) >= 11 is 5.78. The zero-order valence-electron chi connectivity index (χ0n) is 9.63. The van der Waals surface area contributed by atoms with E-state index in [4.69, 9.17) is 11.6 Å². The molecule has 4 nitrogen and oxygen atoms in total. The molecule has 0 saturated heterocycles. The molecule has 1 rings (SSSR count). The summed E-state index contributed by atoms with van der Waals surface area (Å²) in [5.74, 6) is 1.63. The Kier molecular flexibility index (Phi) is 4.54. The summed E-state index contributed by atoms with van der Waals surface area (Å²) in [6.07, 6.45) is 3.59. The molecule has 0 aromatic carbocycles. The molecule has 0 aliphatic rings. The van der Waals surface area contributed by atoms with Crippen molar-refractivity contribution in [2.24, 2.45) is 7.05 Å². The maximum absolute atomic E-state index is 5.78. The van der Waals surface area contributed by atoms with E-state index >= 15 is 0 Å². The number of halogens is 1. The van der Waals surface area contributed by atoms with E-state index in [2.05, 4.69) is 29.2 Å². The predicted molar refractivity (Wildman–Crippen MR) is 61.9 cm³/mol. The minimum absolute atomic E-state index is 0.0910. The van der Waals surface area contributed by atoms with Crippen molar-refractivity contribution in [2.45, 2.75) is 38.8 Å². The normalized spacial score (nSPS) is 15.2. The van der Waals surface area contributed by atoms with Gasteiger partial charge in [0, 0.05) is 18.5 Å². The van der Waals surface area contributed by atoms with Crippen LogP contribution in [0.15, 0.2) is 6.33 Å². The van der Waals surface area contributed by atoms with Crippen molar-refractivity contribution in [1.82, 2.24) is 20.1 Å². The molecule has 1 heterocycles. The SMILES string of the molecule is CCC(C)(CCCl)NCc1ncnn1C. The molecule has 1 N–H and O–H groups in total. The van der Waals surface area contributed by atoms with Gasteiger partial charge < -0.3 is 5.32 Å². The maximum Gasteiger partial charge on any atom is 0.140 e. The van der Waals surface area contributed by atoms with Crippen LogP contribution in [0.2, 0.25) is 0 Å². The smallest absolute Gasteiger partial charge is 0.140 e. The molecule has 0 amide bonds. The third-order valence-corrected chi connectivity index (χ3v) is 3.09. The molecule has 15 heavy (non-hydrogen) atoms. The second-order valence-electron chi connectivity index (χ2n) is 4.01. The van der Waals surface area contributed by atoms with Crippen molar-refractivity contribution in [2.75, 3.05) is 5.88 Å². The molecule has 0 saturated carbocycles. The first-order valence-corrected chi connectivity index (χ1v) is 5.78. The third kappa shape index (κ3) is 3.47. The van der Waals surface area contributed by atoms with Crippen molar-refractivity contribution in [3.05, 3.63) is 12.2 Å². The van der Waals surface area contributed by atoms with Crippen LogP contribution in [0, 0.1) is 0 Å². The summed E-state index contributed by atoms with van der Waals surface area (Å²) < 4.78 is 1.78. The molecule has 86 valence electrons. The van der Waals surface area contributed by atoms with Gasteiger partial charge in [-0.3, -0.25) is 4.68 Å². The van der Waals surface area contributed by atoms with E-state index in [1.807, 2.05) is 7.05 Å². The van der Waals surface area contributed by atoms with E-state index in [-0.39, 0.29) is 5.54 Å². The van der Waals surface area contributed by atoms with Crippen LogP contribution in [-0.4, -0.2) is 26.2 Å². The van der Waals surface area contributed by atoms with Crippen LogP contribution >= 0.6 is 11.6 Å². The van der Waals surface area contributed by atoms with Gasteiger partial charge in [-0.15, -0.1) is 11.6 Å². The van der Waals surface area contributed by atoms with Gasteiger partial charge in [-0.2, -0.15) is 5.10 Å². The summed E-state index contributed by atoms with van der Waals surface area (Å²) in [5, 5.41) is 7.51. The van der Waals surface area contributed by atoms with E-state index in [9.17, 15) is 0 Å². The lowest BCUT2D eigenvalue weighted by molar-refractivity contribution is 0.325. The molecule has 1 aromatic heterocycles. The van der Waals surface area contributed by atoms with Crippen molar-refractivity contribution in [3.8, 4) is 0 Å². The topological polar surface area (TPSA) is 42.7 Å². The fraction of sp³-hybridized carbons (Fsp3) is 0.800. The molecule has 1 atom stereocenters. The standard InChI is InChI=1S/C10H19ClN4/c1-4-10(2,5-6-11)13-7-9-12-8-14-15(9)3/h8,13H,4-7H2,1-3H3. The van der Waals surface area contributed by atoms with E-state index < -0.39 is 0 Å². The Balaban J connectivity index is 2.51. The minimum atomic E-state index is 0.0910. The number of nitrogens with zero attached hydrogens (tertiary/aromatic N) is 3. The Morgan fingerprint density at radius 3 is 2.80 bits per heavy atom. The third-order valence-electron chi connectivity index (χ3n) is 2.91. The fourth-order valence-corrected chi connectivity index (χ4v) is 1.79. The lowest BCUT2D eigenvalue weighted by atomic mass is 9.95. The zero-order valence-corrected chi connectivity index (χ0v) is 10.4. The highest BCUT2D eigenvalue weighted by atomic mass is 35.5. The summed E-state index contributed by atoms with van der Waals surface area (Å²) in [5.41, 5.74) is 0.0910. The molecular formula is C10H19ClN4. The molecule has 1 aromatic rings. The summed E-state index contributed by atoms with van der Waals surface area (Å²) in [7, 11) is 1.90. The summed E-state index contributed by atoms with van der Waals surface area (Å²) in [6.45, 7) is 5.08. The first-order valence-electron chi connectivity index (χ1n) is 5.25. The highest BCUT2D eigenvalue weighted by Crippen LogP contribution is 2.15. The Labute approximate surface area is 96.0 Å². The van der Waals surface area contributed by atoms with E-state index in [1.165, 1.54) is 0 Å². The summed E-state index contributed by atoms with van der Waals surface area (Å²) in [6, 6.07) is 0. The van der Waals surface area contributed by atoms with Crippen LogP contribution in [0.5, 0.6) is 0 Å². The van der Waals surface area contributed by atoms with E-state index in [1.54, 1.807) is 11.0 Å². The van der Waals surface area contributed by atoms with Gasteiger partial charge in [-0.1, -0.05) is 6.92 Å². The Morgan fingerprint density at radius 2 is 2.33 bits per heavy atom. The van der Waals surface area contributed by atoms with Crippen molar-refractivity contribution in [3.63, 3.8) is 0 Å². The first-order chi connectivity index (χ1) is 7.11. The number of hydrogen-bond donors (Lipinski definition) is 1. The largest absolute Gasteiger partial charge is 0.305 e. The number of nitrogens with one attached hydrogen (secondary N) is 1. The van der Waals surface area contributed by atoms with Gasteiger partial charge in [0.15, 0.2) is 0 Å². The van der Waals surface area contributed by atoms with E-state index in [0.717, 1.165) is 25.2 Å². The number of rotatable bonds is 6. The van der Waals surface area contributed by atoms with Crippen LogP contribution in [0.25, 0.3) is 0 Å². The van der Waals surface area contributed by atoms with Crippen LogP contribution < -0.4 is 5.32 Å². The van der Waals surface area contributed by atoms with Crippen molar-refractivity contribution >= 4 is 11.6 Å². The van der Waals surface area contributed by atoms with Crippen molar-refractivity contribution < 1.29 is 0 Å². The lowest BCUT2D eigenvalue weighted by Gasteiger charge is -2.28.